The highest BCUT2D eigenvalue weighted by Gasteiger charge is 2.18. The van der Waals surface area contributed by atoms with Crippen LogP contribution >= 0.6 is 0 Å². The standard InChI is InChI=1S/C22H19N7O2/c1-13-6-5-7-14-18(13)22(30)29(15-8-3-4-9-16(15)31-2)17(27-14)10-28-12-26-19-20(23)24-11-25-21(19)28/h3-9,11-12H,10H2,1-2H3,(H2,23,24,25). The number of nitrogens with two attached hydrogens (primary N) is 1. The van der Waals surface area contributed by atoms with Crippen molar-refractivity contribution in [2.24, 2.45) is 0 Å². The predicted molar refractivity (Wildman–Crippen MR) is 117 cm³/mol. The van der Waals surface area contributed by atoms with Crippen molar-refractivity contribution in [3.05, 3.63) is 76.9 Å². The number of methoxy groups -OCH3 is 1. The molecule has 154 valence electrons. The van der Waals surface area contributed by atoms with Gasteiger partial charge in [-0.05, 0) is 30.7 Å². The number of aryl methyl sites for hydroxylation is 1. The summed E-state index contributed by atoms with van der Waals surface area (Å²) >= 11 is 0. The fourth-order valence-corrected chi connectivity index (χ4v) is 3.78. The molecule has 3 aromatic heterocycles. The molecule has 2 N–H and O–H groups in total. The van der Waals surface area contributed by atoms with E-state index in [-0.39, 0.29) is 12.1 Å². The summed E-state index contributed by atoms with van der Waals surface area (Å²) in [4.78, 5) is 31.1. The molecule has 31 heavy (non-hydrogen) atoms. The number of imidazole rings is 1. The molecule has 0 aliphatic heterocycles. The second kappa shape index (κ2) is 7.21. The minimum Gasteiger partial charge on any atom is -0.495 e. The number of rotatable bonds is 4. The average molecular weight is 413 g/mol. The van der Waals surface area contributed by atoms with Crippen molar-refractivity contribution in [2.75, 3.05) is 12.8 Å². The number of aromatic nitrogens is 6. The molecule has 0 atom stereocenters. The summed E-state index contributed by atoms with van der Waals surface area (Å²) in [6.07, 6.45) is 3.01. The SMILES string of the molecule is COc1ccccc1-n1c(Cn2cnc3c(N)ncnc32)nc2cccc(C)c2c1=O. The zero-order valence-corrected chi connectivity index (χ0v) is 17.0. The molecule has 0 unspecified atom stereocenters. The average Bonchev–Trinajstić information content (AvgIpc) is 3.18. The van der Waals surface area contributed by atoms with Crippen molar-refractivity contribution in [3.63, 3.8) is 0 Å². The van der Waals surface area contributed by atoms with E-state index in [0.717, 1.165) is 5.56 Å². The van der Waals surface area contributed by atoms with Crippen LogP contribution in [0.3, 0.4) is 0 Å². The molecule has 0 saturated heterocycles. The normalized spacial score (nSPS) is 11.3. The fraction of sp³-hybridized carbons (Fsp3) is 0.136. The van der Waals surface area contributed by atoms with Crippen LogP contribution in [0.4, 0.5) is 5.82 Å². The summed E-state index contributed by atoms with van der Waals surface area (Å²) in [5.74, 6) is 1.39. The largest absolute Gasteiger partial charge is 0.495 e. The summed E-state index contributed by atoms with van der Waals surface area (Å²) < 4.78 is 8.91. The summed E-state index contributed by atoms with van der Waals surface area (Å²) in [7, 11) is 1.58. The van der Waals surface area contributed by atoms with Crippen LogP contribution in [0.25, 0.3) is 27.8 Å². The number of hydrogen-bond acceptors (Lipinski definition) is 7. The van der Waals surface area contributed by atoms with Crippen molar-refractivity contribution in [1.29, 1.82) is 0 Å². The van der Waals surface area contributed by atoms with Gasteiger partial charge in [-0.1, -0.05) is 24.3 Å². The zero-order chi connectivity index (χ0) is 21.5. The van der Waals surface area contributed by atoms with Gasteiger partial charge in [0.15, 0.2) is 11.5 Å². The number of ether oxygens (including phenoxy) is 1. The zero-order valence-electron chi connectivity index (χ0n) is 17.0. The molecule has 3 heterocycles. The first-order valence-electron chi connectivity index (χ1n) is 9.64. The Labute approximate surface area is 176 Å². The van der Waals surface area contributed by atoms with E-state index in [1.807, 2.05) is 49.4 Å². The molecule has 0 spiro atoms. The number of benzene rings is 2. The van der Waals surface area contributed by atoms with Crippen LogP contribution in [0.5, 0.6) is 5.75 Å². The molecule has 9 nitrogen and oxygen atoms in total. The van der Waals surface area contributed by atoms with Crippen molar-refractivity contribution in [1.82, 2.24) is 29.1 Å². The number of nitrogen functional groups attached to an aromatic ring is 1. The minimum absolute atomic E-state index is 0.166. The number of hydrogen-bond donors (Lipinski definition) is 1. The Bertz CT molecular complexity index is 1500. The van der Waals surface area contributed by atoms with Gasteiger partial charge < -0.3 is 15.0 Å². The van der Waals surface area contributed by atoms with Gasteiger partial charge in [-0.2, -0.15) is 0 Å². The van der Waals surface area contributed by atoms with Crippen LogP contribution in [0, 0.1) is 6.92 Å². The molecule has 0 bridgehead atoms. The lowest BCUT2D eigenvalue weighted by Crippen LogP contribution is -2.26. The van der Waals surface area contributed by atoms with Crippen molar-refractivity contribution >= 4 is 27.9 Å². The number of anilines is 1. The van der Waals surface area contributed by atoms with Crippen molar-refractivity contribution < 1.29 is 4.74 Å². The topological polar surface area (TPSA) is 114 Å². The highest BCUT2D eigenvalue weighted by Crippen LogP contribution is 2.24. The van der Waals surface area contributed by atoms with Crippen LogP contribution in [0.15, 0.2) is 59.9 Å². The summed E-state index contributed by atoms with van der Waals surface area (Å²) in [5, 5.41) is 0.569. The van der Waals surface area contributed by atoms with Crippen molar-refractivity contribution in [3.8, 4) is 11.4 Å². The molecule has 0 fully saturated rings. The van der Waals surface area contributed by atoms with Crippen LogP contribution < -0.4 is 16.0 Å². The van der Waals surface area contributed by atoms with Gasteiger partial charge in [0, 0.05) is 0 Å². The maximum absolute atomic E-state index is 13.7. The van der Waals surface area contributed by atoms with E-state index in [9.17, 15) is 4.79 Å². The van der Waals surface area contributed by atoms with Gasteiger partial charge in [0.1, 0.15) is 23.4 Å². The molecular weight excluding hydrogens is 394 g/mol. The van der Waals surface area contributed by atoms with Crippen LogP contribution in [0.1, 0.15) is 11.4 Å². The monoisotopic (exact) mass is 413 g/mol. The Hall–Kier alpha value is -4.27. The smallest absolute Gasteiger partial charge is 0.266 e. The first-order valence-corrected chi connectivity index (χ1v) is 9.64. The van der Waals surface area contributed by atoms with Gasteiger partial charge in [0.25, 0.3) is 5.56 Å². The van der Waals surface area contributed by atoms with Gasteiger partial charge in [-0.25, -0.2) is 19.9 Å². The Morgan fingerprint density at radius 1 is 1.06 bits per heavy atom. The fourth-order valence-electron chi connectivity index (χ4n) is 3.78. The summed E-state index contributed by atoms with van der Waals surface area (Å²) in [6, 6.07) is 13.0. The Balaban J connectivity index is 1.81. The molecule has 0 aliphatic rings. The highest BCUT2D eigenvalue weighted by atomic mass is 16.5. The first-order chi connectivity index (χ1) is 15.1. The van der Waals surface area contributed by atoms with E-state index in [0.29, 0.717) is 45.1 Å². The number of nitrogens with zero attached hydrogens (tertiary/aromatic N) is 6. The Morgan fingerprint density at radius 2 is 1.90 bits per heavy atom. The highest BCUT2D eigenvalue weighted by molar-refractivity contribution is 5.82. The second-order valence-corrected chi connectivity index (χ2v) is 7.11. The molecule has 5 aromatic rings. The summed E-state index contributed by atoms with van der Waals surface area (Å²) in [6.45, 7) is 2.16. The number of fused-ring (bicyclic) bond motifs is 2. The minimum atomic E-state index is -0.166. The first kappa shape index (κ1) is 18.7. The van der Waals surface area contributed by atoms with E-state index in [2.05, 4.69) is 15.0 Å². The lowest BCUT2D eigenvalue weighted by molar-refractivity contribution is 0.412. The van der Waals surface area contributed by atoms with E-state index in [1.54, 1.807) is 22.6 Å². The summed E-state index contributed by atoms with van der Waals surface area (Å²) in [5.41, 5.74) is 8.93. The van der Waals surface area contributed by atoms with Gasteiger partial charge in [0.05, 0.1) is 36.6 Å². The van der Waals surface area contributed by atoms with Crippen LogP contribution in [-0.2, 0) is 6.54 Å². The van der Waals surface area contributed by atoms with E-state index >= 15 is 0 Å². The van der Waals surface area contributed by atoms with E-state index < -0.39 is 0 Å². The van der Waals surface area contributed by atoms with Crippen molar-refractivity contribution in [2.45, 2.75) is 13.5 Å². The Kier molecular flexibility index (Phi) is 4.36. The van der Waals surface area contributed by atoms with Gasteiger partial charge in [-0.3, -0.25) is 9.36 Å². The molecule has 0 aliphatic carbocycles. The number of para-hydroxylation sites is 2. The third kappa shape index (κ3) is 2.98. The molecule has 0 amide bonds. The molecular formula is C22H19N7O2. The quantitative estimate of drug-likeness (QED) is 0.481. The maximum Gasteiger partial charge on any atom is 0.266 e. The van der Waals surface area contributed by atoms with Crippen LogP contribution in [0.2, 0.25) is 0 Å². The molecule has 2 aromatic carbocycles. The van der Waals surface area contributed by atoms with E-state index in [4.69, 9.17) is 15.5 Å². The molecule has 0 saturated carbocycles. The maximum atomic E-state index is 13.7. The molecule has 5 rings (SSSR count). The third-order valence-corrected chi connectivity index (χ3v) is 5.24. The lowest BCUT2D eigenvalue weighted by atomic mass is 10.1. The van der Waals surface area contributed by atoms with Gasteiger partial charge >= 0.3 is 0 Å². The molecule has 9 heteroatoms. The lowest BCUT2D eigenvalue weighted by Gasteiger charge is -2.17. The second-order valence-electron chi connectivity index (χ2n) is 7.11. The van der Waals surface area contributed by atoms with Gasteiger partial charge in [-0.15, -0.1) is 0 Å². The van der Waals surface area contributed by atoms with E-state index in [1.165, 1.54) is 6.33 Å². The third-order valence-electron chi connectivity index (χ3n) is 5.24. The predicted octanol–water partition coefficient (Wildman–Crippen LogP) is 2.47. The van der Waals surface area contributed by atoms with Crippen LogP contribution in [-0.4, -0.2) is 36.2 Å². The van der Waals surface area contributed by atoms with Gasteiger partial charge in [0.2, 0.25) is 0 Å². The molecule has 0 radical (unpaired) electrons. The Morgan fingerprint density at radius 3 is 2.74 bits per heavy atom.